The number of hydrogen-bond acceptors (Lipinski definition) is 1. The highest BCUT2D eigenvalue weighted by Crippen LogP contribution is 2.23. The highest BCUT2D eigenvalue weighted by molar-refractivity contribution is 5.69. The van der Waals surface area contributed by atoms with Gasteiger partial charge in [-0.2, -0.15) is 0 Å². The van der Waals surface area contributed by atoms with Gasteiger partial charge in [-0.05, 0) is 43.5 Å². The maximum absolute atomic E-state index is 3.34. The average molecular weight is 187 g/mol. The van der Waals surface area contributed by atoms with Crippen molar-refractivity contribution in [1.29, 1.82) is 0 Å². The summed E-state index contributed by atoms with van der Waals surface area (Å²) in [5, 5.41) is 3.34. The SMILES string of the molecule is Cc1ccc(C2=CCNCC2)c(C)c1. The van der Waals surface area contributed by atoms with Crippen molar-refractivity contribution in [1.82, 2.24) is 5.32 Å². The zero-order valence-electron chi connectivity index (χ0n) is 8.93. The molecule has 14 heavy (non-hydrogen) atoms. The first-order valence-electron chi connectivity index (χ1n) is 5.25. The lowest BCUT2D eigenvalue weighted by Gasteiger charge is -2.16. The Hall–Kier alpha value is -1.08. The summed E-state index contributed by atoms with van der Waals surface area (Å²) in [4.78, 5) is 0. The average Bonchev–Trinajstić information content (AvgIpc) is 2.19. The van der Waals surface area contributed by atoms with E-state index in [1.807, 2.05) is 0 Å². The van der Waals surface area contributed by atoms with Crippen LogP contribution in [0, 0.1) is 13.8 Å². The molecule has 1 aromatic rings. The molecule has 1 heterocycles. The third kappa shape index (κ3) is 1.88. The Balaban J connectivity index is 2.35. The molecule has 1 aliphatic rings. The molecule has 0 aliphatic carbocycles. The molecular formula is C13H17N. The first kappa shape index (κ1) is 9.47. The van der Waals surface area contributed by atoms with Gasteiger partial charge < -0.3 is 5.32 Å². The Kier molecular flexibility index (Phi) is 2.69. The molecule has 0 unspecified atom stereocenters. The van der Waals surface area contributed by atoms with Crippen molar-refractivity contribution < 1.29 is 0 Å². The minimum Gasteiger partial charge on any atom is -0.313 e. The van der Waals surface area contributed by atoms with Gasteiger partial charge in [-0.25, -0.2) is 0 Å². The lowest BCUT2D eigenvalue weighted by atomic mass is 9.95. The van der Waals surface area contributed by atoms with E-state index in [1.165, 1.54) is 22.3 Å². The van der Waals surface area contributed by atoms with E-state index in [9.17, 15) is 0 Å². The fraction of sp³-hybridized carbons (Fsp3) is 0.385. The predicted molar refractivity (Wildman–Crippen MR) is 61.4 cm³/mol. The van der Waals surface area contributed by atoms with Gasteiger partial charge in [0.25, 0.3) is 0 Å². The van der Waals surface area contributed by atoms with E-state index in [0.29, 0.717) is 0 Å². The van der Waals surface area contributed by atoms with E-state index >= 15 is 0 Å². The minimum atomic E-state index is 1.02. The van der Waals surface area contributed by atoms with Gasteiger partial charge in [-0.3, -0.25) is 0 Å². The molecule has 1 nitrogen and oxygen atoms in total. The van der Waals surface area contributed by atoms with Crippen molar-refractivity contribution in [2.24, 2.45) is 0 Å². The molecule has 1 aliphatic heterocycles. The maximum atomic E-state index is 3.34. The molecule has 1 heteroatoms. The number of hydrogen-bond donors (Lipinski definition) is 1. The zero-order valence-corrected chi connectivity index (χ0v) is 8.93. The fourth-order valence-electron chi connectivity index (χ4n) is 2.04. The van der Waals surface area contributed by atoms with E-state index < -0.39 is 0 Å². The van der Waals surface area contributed by atoms with E-state index in [-0.39, 0.29) is 0 Å². The van der Waals surface area contributed by atoms with Crippen LogP contribution in [0.5, 0.6) is 0 Å². The molecule has 0 aromatic heterocycles. The van der Waals surface area contributed by atoms with Gasteiger partial charge in [0.2, 0.25) is 0 Å². The fourth-order valence-corrected chi connectivity index (χ4v) is 2.04. The van der Waals surface area contributed by atoms with Crippen LogP contribution in [0.2, 0.25) is 0 Å². The van der Waals surface area contributed by atoms with Crippen molar-refractivity contribution in [2.45, 2.75) is 20.3 Å². The molecule has 0 amide bonds. The number of benzene rings is 1. The van der Waals surface area contributed by atoms with Gasteiger partial charge in [0.05, 0.1) is 0 Å². The largest absolute Gasteiger partial charge is 0.313 e. The molecule has 1 aromatic carbocycles. The molecule has 0 atom stereocenters. The molecule has 74 valence electrons. The Morgan fingerprint density at radius 2 is 2.07 bits per heavy atom. The van der Waals surface area contributed by atoms with Crippen LogP contribution in [-0.2, 0) is 0 Å². The van der Waals surface area contributed by atoms with Crippen LogP contribution in [0.3, 0.4) is 0 Å². The quantitative estimate of drug-likeness (QED) is 0.712. The van der Waals surface area contributed by atoms with E-state index in [4.69, 9.17) is 0 Å². The summed E-state index contributed by atoms with van der Waals surface area (Å²) in [6.45, 7) is 6.47. The van der Waals surface area contributed by atoms with Crippen LogP contribution in [0.25, 0.3) is 5.57 Å². The van der Waals surface area contributed by atoms with Crippen molar-refractivity contribution in [3.63, 3.8) is 0 Å². The first-order chi connectivity index (χ1) is 6.77. The third-order valence-electron chi connectivity index (χ3n) is 2.79. The van der Waals surface area contributed by atoms with Crippen LogP contribution < -0.4 is 5.32 Å². The molecule has 0 saturated carbocycles. The van der Waals surface area contributed by atoms with Crippen LogP contribution in [0.15, 0.2) is 24.3 Å². The van der Waals surface area contributed by atoms with Gasteiger partial charge >= 0.3 is 0 Å². The second-order valence-corrected chi connectivity index (χ2v) is 4.00. The Morgan fingerprint density at radius 3 is 2.71 bits per heavy atom. The van der Waals surface area contributed by atoms with Crippen LogP contribution >= 0.6 is 0 Å². The summed E-state index contributed by atoms with van der Waals surface area (Å²) in [5.74, 6) is 0. The van der Waals surface area contributed by atoms with Crippen molar-refractivity contribution in [3.8, 4) is 0 Å². The number of rotatable bonds is 1. The molecule has 0 radical (unpaired) electrons. The lowest BCUT2D eigenvalue weighted by Crippen LogP contribution is -2.20. The smallest absolute Gasteiger partial charge is 0.0140 e. The maximum Gasteiger partial charge on any atom is 0.0140 e. The van der Waals surface area contributed by atoms with Gasteiger partial charge in [0, 0.05) is 6.54 Å². The summed E-state index contributed by atoms with van der Waals surface area (Å²) in [5.41, 5.74) is 5.68. The highest BCUT2D eigenvalue weighted by atomic mass is 14.8. The number of nitrogens with one attached hydrogen (secondary N) is 1. The molecule has 0 bridgehead atoms. The van der Waals surface area contributed by atoms with Gasteiger partial charge in [-0.1, -0.05) is 29.8 Å². The molecule has 0 spiro atoms. The lowest BCUT2D eigenvalue weighted by molar-refractivity contribution is 0.738. The minimum absolute atomic E-state index is 1.02. The summed E-state index contributed by atoms with van der Waals surface area (Å²) < 4.78 is 0. The second-order valence-electron chi connectivity index (χ2n) is 4.00. The Labute approximate surface area is 85.8 Å². The molecular weight excluding hydrogens is 170 g/mol. The summed E-state index contributed by atoms with van der Waals surface area (Å²) >= 11 is 0. The van der Waals surface area contributed by atoms with Crippen LogP contribution in [0.4, 0.5) is 0 Å². The van der Waals surface area contributed by atoms with Crippen molar-refractivity contribution >= 4 is 5.57 Å². The summed E-state index contributed by atoms with van der Waals surface area (Å²) in [6.07, 6.45) is 3.46. The van der Waals surface area contributed by atoms with E-state index in [1.54, 1.807) is 0 Å². The monoisotopic (exact) mass is 187 g/mol. The molecule has 1 N–H and O–H groups in total. The third-order valence-corrected chi connectivity index (χ3v) is 2.79. The van der Waals surface area contributed by atoms with Crippen molar-refractivity contribution in [3.05, 3.63) is 41.0 Å². The zero-order chi connectivity index (χ0) is 9.97. The predicted octanol–water partition coefficient (Wildman–Crippen LogP) is 2.68. The van der Waals surface area contributed by atoms with Crippen LogP contribution in [0.1, 0.15) is 23.1 Å². The second kappa shape index (κ2) is 3.97. The van der Waals surface area contributed by atoms with Gasteiger partial charge in [-0.15, -0.1) is 0 Å². The molecule has 0 saturated heterocycles. The Bertz CT molecular complexity index is 363. The van der Waals surface area contributed by atoms with Crippen molar-refractivity contribution in [2.75, 3.05) is 13.1 Å². The summed E-state index contributed by atoms with van der Waals surface area (Å²) in [6, 6.07) is 6.71. The summed E-state index contributed by atoms with van der Waals surface area (Å²) in [7, 11) is 0. The molecule has 2 rings (SSSR count). The first-order valence-corrected chi connectivity index (χ1v) is 5.25. The number of aryl methyl sites for hydroxylation is 2. The molecule has 0 fully saturated rings. The normalized spacial score (nSPS) is 16.6. The van der Waals surface area contributed by atoms with Gasteiger partial charge in [0.1, 0.15) is 0 Å². The van der Waals surface area contributed by atoms with Crippen LogP contribution in [-0.4, -0.2) is 13.1 Å². The van der Waals surface area contributed by atoms with E-state index in [2.05, 4.69) is 43.4 Å². The van der Waals surface area contributed by atoms with Gasteiger partial charge in [0.15, 0.2) is 0 Å². The standard InChI is InChI=1S/C13H17N/c1-10-3-4-13(11(2)9-10)12-5-7-14-8-6-12/h3-5,9,14H,6-8H2,1-2H3. The Morgan fingerprint density at radius 1 is 1.21 bits per heavy atom. The van der Waals surface area contributed by atoms with E-state index in [0.717, 1.165) is 19.5 Å². The highest BCUT2D eigenvalue weighted by Gasteiger charge is 2.07. The topological polar surface area (TPSA) is 12.0 Å².